The number of carbonyl (C=O) groups excluding carboxylic acids is 1. The highest BCUT2D eigenvalue weighted by atomic mass is 16.7. The second-order valence-electron chi connectivity index (χ2n) is 5.89. The van der Waals surface area contributed by atoms with Crippen molar-refractivity contribution in [3.63, 3.8) is 0 Å². The zero-order chi connectivity index (χ0) is 15.2. The Morgan fingerprint density at radius 1 is 1.55 bits per heavy atom. The van der Waals surface area contributed by atoms with Gasteiger partial charge in [0.05, 0.1) is 18.8 Å². The molecule has 1 saturated heterocycles. The van der Waals surface area contributed by atoms with Gasteiger partial charge in [-0.1, -0.05) is 13.8 Å². The average molecular weight is 288 g/mol. The van der Waals surface area contributed by atoms with Crippen LogP contribution in [0.4, 0.5) is 0 Å². The Hall–Kier alpha value is -0.650. The highest BCUT2D eigenvalue weighted by Crippen LogP contribution is 2.31. The largest absolute Gasteiger partial charge is 0.465 e. The summed E-state index contributed by atoms with van der Waals surface area (Å²) in [5.41, 5.74) is 0. The topological polar surface area (TPSA) is 65.0 Å². The lowest BCUT2D eigenvalue weighted by molar-refractivity contribution is -0.276. The quantitative estimate of drug-likeness (QED) is 0.728. The number of rotatable bonds is 7. The molecule has 0 aromatic rings. The molecule has 1 fully saturated rings. The molecule has 5 heteroatoms. The number of hydrogen-bond acceptors (Lipinski definition) is 5. The van der Waals surface area contributed by atoms with E-state index in [-0.39, 0.29) is 18.2 Å². The molecule has 0 amide bonds. The fraction of sp³-hybridized carbons (Fsp3) is 0.933. The first-order valence-electron chi connectivity index (χ1n) is 7.45. The van der Waals surface area contributed by atoms with Gasteiger partial charge in [0, 0.05) is 20.0 Å². The Morgan fingerprint density at radius 3 is 2.85 bits per heavy atom. The molecule has 1 aliphatic heterocycles. The first kappa shape index (κ1) is 17.4. The molecule has 1 N–H and O–H groups in total. The van der Waals surface area contributed by atoms with Gasteiger partial charge in [0.2, 0.25) is 0 Å². The Morgan fingerprint density at radius 2 is 2.25 bits per heavy atom. The maximum Gasteiger partial charge on any atom is 0.305 e. The van der Waals surface area contributed by atoms with Gasteiger partial charge < -0.3 is 19.3 Å². The summed E-state index contributed by atoms with van der Waals surface area (Å²) < 4.78 is 16.4. The highest BCUT2D eigenvalue weighted by molar-refractivity contribution is 5.68. The second kappa shape index (κ2) is 7.96. The van der Waals surface area contributed by atoms with Gasteiger partial charge in [-0.15, -0.1) is 0 Å². The van der Waals surface area contributed by atoms with Crippen LogP contribution in [0.15, 0.2) is 0 Å². The van der Waals surface area contributed by atoms with Gasteiger partial charge in [-0.2, -0.15) is 0 Å². The average Bonchev–Trinajstić information content (AvgIpc) is 2.41. The van der Waals surface area contributed by atoms with Crippen molar-refractivity contribution in [3.05, 3.63) is 0 Å². The summed E-state index contributed by atoms with van der Waals surface area (Å²) in [5.74, 6) is -0.560. The summed E-state index contributed by atoms with van der Waals surface area (Å²) in [6.45, 7) is 6.14. The van der Waals surface area contributed by atoms with Crippen LogP contribution in [0.25, 0.3) is 0 Å². The minimum absolute atomic E-state index is 0.00646. The van der Waals surface area contributed by atoms with Gasteiger partial charge in [-0.25, -0.2) is 0 Å². The molecule has 1 heterocycles. The summed E-state index contributed by atoms with van der Waals surface area (Å²) in [4.78, 5) is 11.1. The zero-order valence-corrected chi connectivity index (χ0v) is 13.1. The molecular weight excluding hydrogens is 260 g/mol. The molecule has 0 saturated carbocycles. The summed E-state index contributed by atoms with van der Waals surface area (Å²) in [6.07, 6.45) is 2.90. The molecule has 0 aliphatic carbocycles. The number of hydrogen-bond donors (Lipinski definition) is 1. The second-order valence-corrected chi connectivity index (χ2v) is 5.89. The third kappa shape index (κ3) is 5.77. The fourth-order valence-corrected chi connectivity index (χ4v) is 2.46. The van der Waals surface area contributed by atoms with Crippen molar-refractivity contribution < 1.29 is 24.1 Å². The molecule has 0 aromatic heterocycles. The van der Waals surface area contributed by atoms with E-state index in [0.29, 0.717) is 31.8 Å². The van der Waals surface area contributed by atoms with Crippen LogP contribution in [-0.4, -0.2) is 42.8 Å². The van der Waals surface area contributed by atoms with Crippen molar-refractivity contribution in [1.29, 1.82) is 0 Å². The van der Waals surface area contributed by atoms with Crippen LogP contribution in [0.3, 0.4) is 0 Å². The minimum atomic E-state index is -0.694. The predicted octanol–water partition coefficient (Wildman–Crippen LogP) is 2.26. The third-order valence-corrected chi connectivity index (χ3v) is 3.79. The van der Waals surface area contributed by atoms with Crippen LogP contribution in [0, 0.1) is 5.92 Å². The Kier molecular flexibility index (Phi) is 6.92. The third-order valence-electron chi connectivity index (χ3n) is 3.79. The maximum absolute atomic E-state index is 11.1. The Balaban J connectivity index is 2.31. The van der Waals surface area contributed by atoms with Gasteiger partial charge in [0.1, 0.15) is 0 Å². The summed E-state index contributed by atoms with van der Waals surface area (Å²) in [6, 6.07) is 0. The number of esters is 1. The van der Waals surface area contributed by atoms with Crippen molar-refractivity contribution in [2.75, 3.05) is 13.7 Å². The van der Waals surface area contributed by atoms with Crippen LogP contribution < -0.4 is 0 Å². The Labute approximate surface area is 121 Å². The molecular formula is C15H28O5. The maximum atomic E-state index is 11.1. The van der Waals surface area contributed by atoms with Crippen LogP contribution in [-0.2, 0) is 19.0 Å². The molecule has 1 aliphatic rings. The van der Waals surface area contributed by atoms with E-state index in [0.717, 1.165) is 12.8 Å². The van der Waals surface area contributed by atoms with E-state index in [9.17, 15) is 9.90 Å². The molecule has 4 atom stereocenters. The summed E-state index contributed by atoms with van der Waals surface area (Å²) in [5, 5.41) is 9.89. The molecule has 5 nitrogen and oxygen atoms in total. The fourth-order valence-electron chi connectivity index (χ4n) is 2.46. The number of carbonyl (C=O) groups is 1. The van der Waals surface area contributed by atoms with Gasteiger partial charge in [0.15, 0.2) is 5.79 Å². The van der Waals surface area contributed by atoms with Crippen molar-refractivity contribution in [1.82, 2.24) is 0 Å². The molecule has 0 spiro atoms. The molecule has 118 valence electrons. The standard InChI is InChI=1S/C15H28O5/c1-5-14(17)19-10-11(2)6-7-13-8-12(16)9-15(3,18-4)20-13/h11-13,16H,5-10H2,1-4H3/t11-,12-,13+,15-/m0/s1. The van der Waals surface area contributed by atoms with Crippen molar-refractivity contribution in [2.45, 2.75) is 70.9 Å². The first-order chi connectivity index (χ1) is 9.38. The monoisotopic (exact) mass is 288 g/mol. The normalized spacial score (nSPS) is 31.9. The number of ether oxygens (including phenoxy) is 3. The van der Waals surface area contributed by atoms with E-state index in [1.807, 2.05) is 6.92 Å². The number of aliphatic hydroxyl groups is 1. The van der Waals surface area contributed by atoms with Crippen LogP contribution >= 0.6 is 0 Å². The summed E-state index contributed by atoms with van der Waals surface area (Å²) in [7, 11) is 1.60. The zero-order valence-electron chi connectivity index (χ0n) is 13.1. The van der Waals surface area contributed by atoms with E-state index in [2.05, 4.69) is 6.92 Å². The lowest BCUT2D eigenvalue weighted by Crippen LogP contribution is -2.45. The van der Waals surface area contributed by atoms with E-state index in [1.165, 1.54) is 0 Å². The Bertz CT molecular complexity index is 307. The van der Waals surface area contributed by atoms with Gasteiger partial charge in [-0.05, 0) is 32.1 Å². The first-order valence-corrected chi connectivity index (χ1v) is 7.45. The number of methoxy groups -OCH3 is 1. The molecule has 0 aromatic carbocycles. The lowest BCUT2D eigenvalue weighted by Gasteiger charge is -2.40. The van der Waals surface area contributed by atoms with E-state index >= 15 is 0 Å². The smallest absolute Gasteiger partial charge is 0.305 e. The van der Waals surface area contributed by atoms with E-state index < -0.39 is 5.79 Å². The van der Waals surface area contributed by atoms with Crippen molar-refractivity contribution >= 4 is 5.97 Å². The van der Waals surface area contributed by atoms with E-state index in [1.54, 1.807) is 14.0 Å². The van der Waals surface area contributed by atoms with Gasteiger partial charge in [-0.3, -0.25) is 4.79 Å². The minimum Gasteiger partial charge on any atom is -0.465 e. The van der Waals surface area contributed by atoms with Gasteiger partial charge in [0.25, 0.3) is 0 Å². The summed E-state index contributed by atoms with van der Waals surface area (Å²) >= 11 is 0. The molecule has 0 radical (unpaired) electrons. The SMILES string of the molecule is CCC(=O)OC[C@@H](C)CC[C@@H]1C[C@H](O)C[C@@](C)(OC)O1. The van der Waals surface area contributed by atoms with Crippen LogP contribution in [0.1, 0.15) is 52.9 Å². The van der Waals surface area contributed by atoms with Crippen molar-refractivity contribution in [3.8, 4) is 0 Å². The van der Waals surface area contributed by atoms with Crippen LogP contribution in [0.2, 0.25) is 0 Å². The highest BCUT2D eigenvalue weighted by Gasteiger charge is 2.37. The van der Waals surface area contributed by atoms with Crippen LogP contribution in [0.5, 0.6) is 0 Å². The molecule has 1 rings (SSSR count). The molecule has 0 bridgehead atoms. The molecule has 0 unspecified atom stereocenters. The number of aliphatic hydroxyl groups excluding tert-OH is 1. The van der Waals surface area contributed by atoms with Gasteiger partial charge >= 0.3 is 5.97 Å². The molecule has 20 heavy (non-hydrogen) atoms. The predicted molar refractivity (Wildman–Crippen MR) is 75.2 cm³/mol. The van der Waals surface area contributed by atoms with Crippen molar-refractivity contribution in [2.24, 2.45) is 5.92 Å². The van der Waals surface area contributed by atoms with E-state index in [4.69, 9.17) is 14.2 Å². The lowest BCUT2D eigenvalue weighted by atomic mass is 9.94.